The second-order valence-corrected chi connectivity index (χ2v) is 8.26. The molecule has 0 unspecified atom stereocenters. The topological polar surface area (TPSA) is 40.5 Å². The number of hydrogen-bond acceptors (Lipinski definition) is 2. The summed E-state index contributed by atoms with van der Waals surface area (Å²) in [4.78, 5) is 15.3. The molecule has 2 aliphatic heterocycles. The number of carbonyl (C=O) groups is 1. The van der Waals surface area contributed by atoms with E-state index in [4.69, 9.17) is 0 Å². The number of nitrogens with zero attached hydrogens (tertiary/aromatic N) is 1. The van der Waals surface area contributed by atoms with Gasteiger partial charge in [-0.05, 0) is 53.9 Å². The molecule has 0 spiro atoms. The lowest BCUT2D eigenvalue weighted by Crippen LogP contribution is -2.57. The van der Waals surface area contributed by atoms with E-state index in [9.17, 15) is 9.90 Å². The van der Waals surface area contributed by atoms with Gasteiger partial charge in [0.15, 0.2) is 0 Å². The molecule has 1 amide bonds. The van der Waals surface area contributed by atoms with Crippen molar-refractivity contribution < 1.29 is 9.90 Å². The Morgan fingerprint density at radius 2 is 1.85 bits per heavy atom. The molecule has 0 aliphatic carbocycles. The maximum Gasteiger partial charge on any atom is 0.230 e. The first-order chi connectivity index (χ1) is 12.5. The van der Waals surface area contributed by atoms with Gasteiger partial charge < -0.3 is 10.0 Å². The molecule has 2 aromatic rings. The van der Waals surface area contributed by atoms with E-state index in [0.29, 0.717) is 17.7 Å². The van der Waals surface area contributed by atoms with Gasteiger partial charge in [-0.15, -0.1) is 0 Å². The third-order valence-electron chi connectivity index (χ3n) is 6.74. The van der Waals surface area contributed by atoms with Crippen LogP contribution in [0.3, 0.4) is 0 Å². The van der Waals surface area contributed by atoms with Gasteiger partial charge in [-0.3, -0.25) is 4.79 Å². The fraction of sp³-hybridized carbons (Fsp3) is 0.435. The molecule has 3 nitrogen and oxygen atoms in total. The van der Waals surface area contributed by atoms with Crippen molar-refractivity contribution in [2.75, 3.05) is 6.54 Å². The molecule has 2 aliphatic rings. The summed E-state index contributed by atoms with van der Waals surface area (Å²) in [7, 11) is 0. The molecule has 0 aromatic heterocycles. The number of amides is 1. The van der Waals surface area contributed by atoms with Crippen molar-refractivity contribution in [3.63, 3.8) is 0 Å². The van der Waals surface area contributed by atoms with Crippen molar-refractivity contribution >= 4 is 5.91 Å². The van der Waals surface area contributed by atoms with Crippen LogP contribution in [0.15, 0.2) is 54.6 Å². The monoisotopic (exact) mass is 349 g/mol. The number of benzene rings is 2. The molecule has 1 N–H and O–H groups in total. The van der Waals surface area contributed by atoms with Gasteiger partial charge in [-0.2, -0.15) is 0 Å². The third-order valence-corrected chi connectivity index (χ3v) is 6.74. The molecule has 26 heavy (non-hydrogen) atoms. The van der Waals surface area contributed by atoms with Gasteiger partial charge in [0.25, 0.3) is 0 Å². The maximum atomic E-state index is 13.2. The minimum Gasteiger partial charge on any atom is -0.508 e. The van der Waals surface area contributed by atoms with Gasteiger partial charge in [0, 0.05) is 12.6 Å². The Bertz CT molecular complexity index is 803. The van der Waals surface area contributed by atoms with Crippen LogP contribution in [0.2, 0.25) is 0 Å². The number of carbonyl (C=O) groups excluding carboxylic acids is 1. The van der Waals surface area contributed by atoms with Crippen molar-refractivity contribution in [3.05, 3.63) is 65.7 Å². The van der Waals surface area contributed by atoms with Crippen molar-refractivity contribution in [1.29, 1.82) is 0 Å². The molecule has 4 atom stereocenters. The first-order valence-electron chi connectivity index (χ1n) is 9.64. The van der Waals surface area contributed by atoms with Crippen LogP contribution in [-0.2, 0) is 10.2 Å². The summed E-state index contributed by atoms with van der Waals surface area (Å²) in [5.41, 5.74) is 2.31. The van der Waals surface area contributed by atoms with Crippen LogP contribution in [0.5, 0.6) is 5.75 Å². The summed E-state index contributed by atoms with van der Waals surface area (Å²) >= 11 is 0. The van der Waals surface area contributed by atoms with Crippen LogP contribution in [0.25, 0.3) is 0 Å². The second kappa shape index (κ2) is 6.46. The average Bonchev–Trinajstić information content (AvgIpc) is 2.64. The summed E-state index contributed by atoms with van der Waals surface area (Å²) in [5, 5.41) is 9.92. The number of hydrogen-bond donors (Lipinski definition) is 1. The van der Waals surface area contributed by atoms with Crippen molar-refractivity contribution in [2.45, 2.75) is 50.5 Å². The molecule has 2 aromatic carbocycles. The summed E-state index contributed by atoms with van der Waals surface area (Å²) in [6.07, 6.45) is 2.94. The first-order valence-corrected chi connectivity index (χ1v) is 9.64. The van der Waals surface area contributed by atoms with Crippen LogP contribution < -0.4 is 0 Å². The molecule has 4 rings (SSSR count). The van der Waals surface area contributed by atoms with E-state index in [1.165, 1.54) is 5.56 Å². The lowest BCUT2D eigenvalue weighted by Gasteiger charge is -2.52. The van der Waals surface area contributed by atoms with Crippen molar-refractivity contribution in [3.8, 4) is 5.75 Å². The number of aromatic hydroxyl groups is 1. The minimum atomic E-state index is -0.0141. The zero-order valence-corrected chi connectivity index (χ0v) is 15.6. The SMILES string of the molecule is C[C@H]1CN2C(=O)[C@@H](c3ccccc3)CC[C@@H]2C[C@@]1(C)c1cccc(O)c1. The smallest absolute Gasteiger partial charge is 0.230 e. The molecule has 0 bridgehead atoms. The Labute approximate surface area is 155 Å². The van der Waals surface area contributed by atoms with E-state index in [2.05, 4.69) is 36.9 Å². The highest BCUT2D eigenvalue weighted by atomic mass is 16.3. The second-order valence-electron chi connectivity index (χ2n) is 8.26. The van der Waals surface area contributed by atoms with Gasteiger partial charge in [0.1, 0.15) is 5.75 Å². The lowest BCUT2D eigenvalue weighted by atomic mass is 9.64. The number of piperidine rings is 2. The molecular formula is C23H27NO2. The zero-order valence-electron chi connectivity index (χ0n) is 15.6. The van der Waals surface area contributed by atoms with Gasteiger partial charge in [-0.25, -0.2) is 0 Å². The predicted octanol–water partition coefficient (Wildman–Crippen LogP) is 4.46. The number of phenols is 1. The average molecular weight is 349 g/mol. The van der Waals surface area contributed by atoms with Gasteiger partial charge in [0.05, 0.1) is 5.92 Å². The minimum absolute atomic E-state index is 0.00442. The van der Waals surface area contributed by atoms with Gasteiger partial charge >= 0.3 is 0 Å². The predicted molar refractivity (Wildman–Crippen MR) is 103 cm³/mol. The zero-order chi connectivity index (χ0) is 18.3. The van der Waals surface area contributed by atoms with Gasteiger partial charge in [-0.1, -0.05) is 56.3 Å². The van der Waals surface area contributed by atoms with E-state index in [-0.39, 0.29) is 17.2 Å². The standard InChI is InChI=1S/C23H27NO2/c1-16-15-24-19(14-23(16,2)18-9-6-10-20(25)13-18)11-12-21(22(24)26)17-7-4-3-5-8-17/h3-10,13,16,19,21,25H,11-12,14-15H2,1-2H3/t16-,19+,21+,23+/m0/s1. The van der Waals surface area contributed by atoms with Crippen LogP contribution in [0.1, 0.15) is 50.2 Å². The highest BCUT2D eigenvalue weighted by molar-refractivity contribution is 5.85. The van der Waals surface area contributed by atoms with Crippen molar-refractivity contribution in [2.24, 2.45) is 5.92 Å². The number of rotatable bonds is 2. The highest BCUT2D eigenvalue weighted by Gasteiger charge is 2.47. The molecule has 136 valence electrons. The molecule has 0 radical (unpaired) electrons. The Morgan fingerprint density at radius 1 is 1.08 bits per heavy atom. The van der Waals surface area contributed by atoms with E-state index in [1.807, 2.05) is 30.3 Å². The fourth-order valence-electron chi connectivity index (χ4n) is 4.92. The molecular weight excluding hydrogens is 322 g/mol. The van der Waals surface area contributed by atoms with Crippen LogP contribution in [0.4, 0.5) is 0 Å². The first kappa shape index (κ1) is 17.1. The molecule has 2 heterocycles. The third kappa shape index (κ3) is 2.80. The lowest BCUT2D eigenvalue weighted by molar-refractivity contribution is -0.143. The highest BCUT2D eigenvalue weighted by Crippen LogP contribution is 2.46. The summed E-state index contributed by atoms with van der Waals surface area (Å²) in [6, 6.07) is 18.1. The Balaban J connectivity index is 1.59. The summed E-state index contributed by atoms with van der Waals surface area (Å²) < 4.78 is 0. The van der Waals surface area contributed by atoms with E-state index >= 15 is 0 Å². The fourth-order valence-corrected chi connectivity index (χ4v) is 4.92. The summed E-state index contributed by atoms with van der Waals surface area (Å²) in [6.45, 7) is 5.32. The van der Waals surface area contributed by atoms with Gasteiger partial charge in [0.2, 0.25) is 5.91 Å². The van der Waals surface area contributed by atoms with Crippen molar-refractivity contribution in [1.82, 2.24) is 4.90 Å². The molecule has 2 saturated heterocycles. The van der Waals surface area contributed by atoms with Crippen LogP contribution >= 0.6 is 0 Å². The van der Waals surface area contributed by atoms with Crippen LogP contribution in [0, 0.1) is 5.92 Å². The quantitative estimate of drug-likeness (QED) is 0.869. The van der Waals surface area contributed by atoms with E-state index in [1.54, 1.807) is 6.07 Å². The molecule has 2 fully saturated rings. The maximum absolute atomic E-state index is 13.2. The largest absolute Gasteiger partial charge is 0.508 e. The molecule has 3 heteroatoms. The van der Waals surface area contributed by atoms with E-state index in [0.717, 1.165) is 31.4 Å². The normalized spacial score (nSPS) is 31.5. The number of phenolic OH excluding ortho intramolecular Hbond substituents is 1. The number of fused-ring (bicyclic) bond motifs is 1. The Kier molecular flexibility index (Phi) is 4.26. The Morgan fingerprint density at radius 3 is 2.58 bits per heavy atom. The Hall–Kier alpha value is -2.29. The van der Waals surface area contributed by atoms with E-state index < -0.39 is 0 Å². The summed E-state index contributed by atoms with van der Waals surface area (Å²) in [5.74, 6) is 0.961. The van der Waals surface area contributed by atoms with Crippen LogP contribution in [-0.4, -0.2) is 28.5 Å². The molecule has 0 saturated carbocycles.